The van der Waals surface area contributed by atoms with E-state index >= 15 is 0 Å². The first-order valence-electron chi connectivity index (χ1n) is 7.00. The lowest BCUT2D eigenvalue weighted by molar-refractivity contribution is 0.0950. The van der Waals surface area contributed by atoms with E-state index < -0.39 is 0 Å². The Balaban J connectivity index is 1.99. The van der Waals surface area contributed by atoms with E-state index in [2.05, 4.69) is 38.8 Å². The third-order valence-corrected chi connectivity index (χ3v) is 3.19. The van der Waals surface area contributed by atoms with E-state index in [1.807, 2.05) is 20.8 Å². The summed E-state index contributed by atoms with van der Waals surface area (Å²) in [5.74, 6) is 0.363. The van der Waals surface area contributed by atoms with Crippen molar-refractivity contribution in [3.05, 3.63) is 52.8 Å². The van der Waals surface area contributed by atoms with Crippen LogP contribution in [-0.2, 0) is 6.54 Å². The van der Waals surface area contributed by atoms with Crippen LogP contribution in [0.4, 0.5) is 5.95 Å². The zero-order valence-corrected chi connectivity index (χ0v) is 12.6. The summed E-state index contributed by atoms with van der Waals surface area (Å²) in [5, 5.41) is 5.89. The first kappa shape index (κ1) is 15.0. The van der Waals surface area contributed by atoms with Crippen molar-refractivity contribution >= 4 is 11.9 Å². The molecular weight excluding hydrogens is 264 g/mol. The van der Waals surface area contributed by atoms with Gasteiger partial charge >= 0.3 is 0 Å². The number of nitrogens with zero attached hydrogens (tertiary/aromatic N) is 2. The summed E-state index contributed by atoms with van der Waals surface area (Å²) in [6.45, 7) is 7.29. The average molecular weight is 284 g/mol. The SMILES string of the molecule is CCNc1ncc(C(=O)NCc2cc(C)ccc2C)cn1. The second kappa shape index (κ2) is 6.83. The first-order valence-corrected chi connectivity index (χ1v) is 7.00. The molecule has 5 heteroatoms. The topological polar surface area (TPSA) is 66.9 Å². The van der Waals surface area contributed by atoms with Gasteiger partial charge in [-0.25, -0.2) is 9.97 Å². The van der Waals surface area contributed by atoms with E-state index in [1.54, 1.807) is 0 Å². The third kappa shape index (κ3) is 4.02. The molecular formula is C16H20N4O. The molecule has 0 atom stereocenters. The number of anilines is 1. The zero-order chi connectivity index (χ0) is 15.2. The van der Waals surface area contributed by atoms with E-state index in [-0.39, 0.29) is 5.91 Å². The molecule has 0 unspecified atom stereocenters. The van der Waals surface area contributed by atoms with Crippen molar-refractivity contribution in [3.8, 4) is 0 Å². The van der Waals surface area contributed by atoms with Crippen LogP contribution in [0.3, 0.4) is 0 Å². The van der Waals surface area contributed by atoms with Crippen LogP contribution in [-0.4, -0.2) is 22.4 Å². The first-order chi connectivity index (χ1) is 10.1. The maximum atomic E-state index is 12.1. The molecule has 2 rings (SSSR count). The van der Waals surface area contributed by atoms with Gasteiger partial charge in [-0.3, -0.25) is 4.79 Å². The van der Waals surface area contributed by atoms with Crippen LogP contribution < -0.4 is 10.6 Å². The second-order valence-corrected chi connectivity index (χ2v) is 4.94. The van der Waals surface area contributed by atoms with Gasteiger partial charge in [-0.05, 0) is 31.9 Å². The lowest BCUT2D eigenvalue weighted by Crippen LogP contribution is -2.23. The van der Waals surface area contributed by atoms with Gasteiger partial charge in [-0.15, -0.1) is 0 Å². The minimum absolute atomic E-state index is 0.168. The number of hydrogen-bond donors (Lipinski definition) is 2. The third-order valence-electron chi connectivity index (χ3n) is 3.19. The summed E-state index contributed by atoms with van der Waals surface area (Å²) < 4.78 is 0. The molecule has 0 spiro atoms. The summed E-state index contributed by atoms with van der Waals surface area (Å²) in [7, 11) is 0. The molecule has 21 heavy (non-hydrogen) atoms. The quantitative estimate of drug-likeness (QED) is 0.885. The van der Waals surface area contributed by atoms with Crippen molar-refractivity contribution in [1.29, 1.82) is 0 Å². The molecule has 110 valence electrons. The minimum Gasteiger partial charge on any atom is -0.355 e. The fraction of sp³-hybridized carbons (Fsp3) is 0.312. The van der Waals surface area contributed by atoms with E-state index in [1.165, 1.54) is 23.5 Å². The molecule has 0 radical (unpaired) electrons. The summed E-state index contributed by atoms with van der Waals surface area (Å²) in [5.41, 5.74) is 3.93. The van der Waals surface area contributed by atoms with Crippen LogP contribution in [0.1, 0.15) is 34.0 Å². The van der Waals surface area contributed by atoms with E-state index in [0.29, 0.717) is 18.1 Å². The van der Waals surface area contributed by atoms with Gasteiger partial charge in [0, 0.05) is 25.5 Å². The van der Waals surface area contributed by atoms with Crippen molar-refractivity contribution in [3.63, 3.8) is 0 Å². The Bertz CT molecular complexity index is 623. The van der Waals surface area contributed by atoms with Crippen LogP contribution in [0.25, 0.3) is 0 Å². The number of aryl methyl sites for hydroxylation is 2. The van der Waals surface area contributed by atoms with Crippen LogP contribution in [0.5, 0.6) is 0 Å². The van der Waals surface area contributed by atoms with Crippen molar-refractivity contribution in [1.82, 2.24) is 15.3 Å². The van der Waals surface area contributed by atoms with E-state index in [4.69, 9.17) is 0 Å². The van der Waals surface area contributed by atoms with Gasteiger partial charge in [0.15, 0.2) is 0 Å². The standard InChI is InChI=1S/C16H20N4O/c1-4-17-16-19-9-14(10-20-16)15(21)18-8-13-7-11(2)5-6-12(13)3/h5-7,9-10H,4,8H2,1-3H3,(H,18,21)(H,17,19,20). The fourth-order valence-corrected chi connectivity index (χ4v) is 1.96. The molecule has 2 N–H and O–H groups in total. The fourth-order valence-electron chi connectivity index (χ4n) is 1.96. The summed E-state index contributed by atoms with van der Waals surface area (Å²) in [6.07, 6.45) is 3.06. The number of hydrogen-bond acceptors (Lipinski definition) is 4. The second-order valence-electron chi connectivity index (χ2n) is 4.94. The lowest BCUT2D eigenvalue weighted by atomic mass is 10.1. The molecule has 2 aromatic rings. The summed E-state index contributed by atoms with van der Waals surface area (Å²) >= 11 is 0. The normalized spacial score (nSPS) is 10.2. The van der Waals surface area contributed by atoms with E-state index in [9.17, 15) is 4.79 Å². The lowest BCUT2D eigenvalue weighted by Gasteiger charge is -2.09. The Labute approximate surface area is 124 Å². The molecule has 5 nitrogen and oxygen atoms in total. The molecule has 1 heterocycles. The Morgan fingerprint density at radius 2 is 1.90 bits per heavy atom. The van der Waals surface area contributed by atoms with Gasteiger partial charge in [0.1, 0.15) is 0 Å². The summed E-state index contributed by atoms with van der Waals surface area (Å²) in [4.78, 5) is 20.3. The van der Waals surface area contributed by atoms with Crippen molar-refractivity contribution in [2.24, 2.45) is 0 Å². The number of benzene rings is 1. The highest BCUT2D eigenvalue weighted by molar-refractivity contribution is 5.93. The van der Waals surface area contributed by atoms with Gasteiger partial charge < -0.3 is 10.6 Å². The average Bonchev–Trinajstić information content (AvgIpc) is 2.49. The number of rotatable bonds is 5. The smallest absolute Gasteiger partial charge is 0.254 e. The van der Waals surface area contributed by atoms with Crippen LogP contribution in [0, 0.1) is 13.8 Å². The van der Waals surface area contributed by atoms with Crippen LogP contribution in [0.2, 0.25) is 0 Å². The number of nitrogens with one attached hydrogen (secondary N) is 2. The maximum absolute atomic E-state index is 12.1. The minimum atomic E-state index is -0.168. The Morgan fingerprint density at radius 1 is 1.19 bits per heavy atom. The predicted octanol–water partition coefficient (Wildman–Crippen LogP) is 2.46. The highest BCUT2D eigenvalue weighted by Gasteiger charge is 2.07. The van der Waals surface area contributed by atoms with Gasteiger partial charge in [0.2, 0.25) is 5.95 Å². The summed E-state index contributed by atoms with van der Waals surface area (Å²) in [6, 6.07) is 6.21. The molecule has 1 aromatic heterocycles. The van der Waals surface area contributed by atoms with Gasteiger partial charge in [0.25, 0.3) is 5.91 Å². The van der Waals surface area contributed by atoms with Crippen LogP contribution in [0.15, 0.2) is 30.6 Å². The highest BCUT2D eigenvalue weighted by atomic mass is 16.1. The molecule has 1 aromatic carbocycles. The van der Waals surface area contributed by atoms with Gasteiger partial charge in [-0.1, -0.05) is 23.8 Å². The highest BCUT2D eigenvalue weighted by Crippen LogP contribution is 2.10. The molecule has 0 aliphatic carbocycles. The molecule has 1 amide bonds. The van der Waals surface area contributed by atoms with Crippen molar-refractivity contribution < 1.29 is 4.79 Å². The molecule has 0 bridgehead atoms. The molecule has 0 saturated carbocycles. The van der Waals surface area contributed by atoms with Crippen molar-refractivity contribution in [2.45, 2.75) is 27.3 Å². The molecule has 0 aliphatic rings. The number of amides is 1. The Kier molecular flexibility index (Phi) is 4.87. The number of carbonyl (C=O) groups is 1. The number of carbonyl (C=O) groups excluding carboxylic acids is 1. The van der Waals surface area contributed by atoms with Gasteiger partial charge in [0.05, 0.1) is 5.56 Å². The van der Waals surface area contributed by atoms with E-state index in [0.717, 1.165) is 12.1 Å². The largest absolute Gasteiger partial charge is 0.355 e. The molecule has 0 aliphatic heterocycles. The van der Waals surface area contributed by atoms with Crippen molar-refractivity contribution in [2.75, 3.05) is 11.9 Å². The molecule has 0 fully saturated rings. The van der Waals surface area contributed by atoms with Gasteiger partial charge in [-0.2, -0.15) is 0 Å². The Hall–Kier alpha value is -2.43. The maximum Gasteiger partial charge on any atom is 0.254 e. The Morgan fingerprint density at radius 3 is 2.57 bits per heavy atom. The predicted molar refractivity (Wildman–Crippen MR) is 83.3 cm³/mol. The monoisotopic (exact) mass is 284 g/mol. The zero-order valence-electron chi connectivity index (χ0n) is 12.6. The van der Waals surface area contributed by atoms with Crippen LogP contribution >= 0.6 is 0 Å². The molecule has 0 saturated heterocycles. The number of aromatic nitrogens is 2.